The molecule has 33 heavy (non-hydrogen) atoms. The lowest BCUT2D eigenvalue weighted by Crippen LogP contribution is -2.25. The van der Waals surface area contributed by atoms with Crippen molar-refractivity contribution >= 4 is 38.2 Å². The summed E-state index contributed by atoms with van der Waals surface area (Å²) in [6.07, 6.45) is 0. The Labute approximate surface area is 194 Å². The number of benzene rings is 3. The molecule has 0 unspecified atom stereocenters. The molecule has 9 heteroatoms. The minimum Gasteiger partial charge on any atom is -0.349 e. The summed E-state index contributed by atoms with van der Waals surface area (Å²) in [7, 11) is -4.14. The molecule has 0 saturated heterocycles. The number of sulfone groups is 1. The zero-order valence-electron chi connectivity index (χ0n) is 17.7. The molecule has 4 aromatic rings. The lowest BCUT2D eigenvalue weighted by atomic mass is 10.2. The van der Waals surface area contributed by atoms with Crippen LogP contribution in [0.5, 0.6) is 0 Å². The zero-order chi connectivity index (χ0) is 23.9. The van der Waals surface area contributed by atoms with Gasteiger partial charge in [0.05, 0.1) is 4.90 Å². The number of carbonyl (C=O) groups is 1. The predicted octanol–water partition coefficient (Wildman–Crippen LogP) is 5.48. The minimum absolute atomic E-state index is 0.0334. The molecule has 0 aliphatic rings. The number of hydrogen-bond donors (Lipinski definition) is 2. The molecule has 0 saturated carbocycles. The molecule has 5 nitrogen and oxygen atoms in total. The summed E-state index contributed by atoms with van der Waals surface area (Å²) in [6, 6.07) is 13.1. The van der Waals surface area contributed by atoms with Gasteiger partial charge in [-0.05, 0) is 61.4 Å². The summed E-state index contributed by atoms with van der Waals surface area (Å²) in [5.41, 5.74) is 1.60. The van der Waals surface area contributed by atoms with E-state index in [9.17, 15) is 22.0 Å². The van der Waals surface area contributed by atoms with E-state index in [4.69, 9.17) is 11.6 Å². The van der Waals surface area contributed by atoms with Gasteiger partial charge in [0.25, 0.3) is 5.91 Å². The Morgan fingerprint density at radius 3 is 2.42 bits per heavy atom. The van der Waals surface area contributed by atoms with Gasteiger partial charge in [0, 0.05) is 28.0 Å². The number of fused-ring (bicyclic) bond motifs is 1. The monoisotopic (exact) mass is 488 g/mol. The van der Waals surface area contributed by atoms with Gasteiger partial charge in [-0.3, -0.25) is 4.79 Å². The van der Waals surface area contributed by atoms with E-state index in [-0.39, 0.29) is 33.0 Å². The molecule has 0 bridgehead atoms. The summed E-state index contributed by atoms with van der Waals surface area (Å²) in [6.45, 7) is 3.22. The zero-order valence-corrected chi connectivity index (χ0v) is 19.2. The van der Waals surface area contributed by atoms with E-state index < -0.39 is 27.4 Å². The quantitative estimate of drug-likeness (QED) is 0.390. The Morgan fingerprint density at radius 2 is 1.73 bits per heavy atom. The number of carbonyl (C=O) groups excluding carboxylic acids is 1. The fraction of sp³-hybridized carbons (Fsp3) is 0.125. The Kier molecular flexibility index (Phi) is 5.99. The summed E-state index contributed by atoms with van der Waals surface area (Å²) < 4.78 is 54.8. The Morgan fingerprint density at radius 1 is 1.03 bits per heavy atom. The fourth-order valence-electron chi connectivity index (χ4n) is 3.73. The van der Waals surface area contributed by atoms with Crippen LogP contribution in [0, 0.1) is 25.5 Å². The smallest absolute Gasteiger partial charge is 0.269 e. The van der Waals surface area contributed by atoms with Crippen molar-refractivity contribution in [2.24, 2.45) is 0 Å². The first kappa shape index (κ1) is 22.9. The predicted molar refractivity (Wildman–Crippen MR) is 122 cm³/mol. The molecule has 1 amide bonds. The second-order valence-electron chi connectivity index (χ2n) is 7.74. The van der Waals surface area contributed by atoms with Crippen molar-refractivity contribution in [3.8, 4) is 0 Å². The van der Waals surface area contributed by atoms with Crippen LogP contribution in [-0.2, 0) is 16.4 Å². The van der Waals surface area contributed by atoms with Crippen molar-refractivity contribution in [2.75, 3.05) is 0 Å². The van der Waals surface area contributed by atoms with E-state index in [0.29, 0.717) is 10.5 Å². The first-order valence-corrected chi connectivity index (χ1v) is 11.8. The van der Waals surface area contributed by atoms with Crippen LogP contribution in [0.2, 0.25) is 5.02 Å². The van der Waals surface area contributed by atoms with Crippen LogP contribution in [0.25, 0.3) is 10.9 Å². The van der Waals surface area contributed by atoms with Crippen LogP contribution in [0.3, 0.4) is 0 Å². The van der Waals surface area contributed by atoms with E-state index in [2.05, 4.69) is 10.3 Å². The van der Waals surface area contributed by atoms with E-state index in [1.807, 2.05) is 6.07 Å². The maximum atomic E-state index is 14.0. The third kappa shape index (κ3) is 4.36. The van der Waals surface area contributed by atoms with Gasteiger partial charge in [0.1, 0.15) is 10.6 Å². The number of halogens is 3. The molecule has 0 atom stereocenters. The minimum atomic E-state index is -4.14. The maximum absolute atomic E-state index is 14.0. The number of aromatic amines is 1. The molecule has 1 aromatic heterocycles. The van der Waals surface area contributed by atoms with Gasteiger partial charge in [0.15, 0.2) is 11.6 Å². The normalized spacial score (nSPS) is 11.7. The summed E-state index contributed by atoms with van der Waals surface area (Å²) in [5, 5.41) is 3.02. The SMILES string of the molecule is Cc1cc(C)cc(S(=O)(=O)c2c(C(=O)NCc3cccc(F)c3F)[nH]c3ccc(Cl)cc23)c1. The molecule has 0 aliphatic carbocycles. The lowest BCUT2D eigenvalue weighted by Gasteiger charge is -2.10. The Bertz CT molecular complexity index is 1490. The van der Waals surface area contributed by atoms with E-state index in [1.165, 1.54) is 30.3 Å². The molecule has 2 N–H and O–H groups in total. The largest absolute Gasteiger partial charge is 0.349 e. The van der Waals surface area contributed by atoms with Gasteiger partial charge in [0.2, 0.25) is 9.84 Å². The highest BCUT2D eigenvalue weighted by Crippen LogP contribution is 2.34. The third-order valence-corrected chi connectivity index (χ3v) is 7.24. The van der Waals surface area contributed by atoms with Crippen LogP contribution < -0.4 is 5.32 Å². The Balaban J connectivity index is 1.83. The first-order chi connectivity index (χ1) is 15.6. The molecule has 170 valence electrons. The molecule has 1 heterocycles. The highest BCUT2D eigenvalue weighted by atomic mass is 35.5. The van der Waals surface area contributed by atoms with Crippen LogP contribution in [-0.4, -0.2) is 19.3 Å². The standard InChI is InChI=1S/C24H19ClF2N2O3S/c1-13-8-14(2)10-17(9-13)33(31,32)23-18-11-16(25)6-7-20(18)29-22(23)24(30)28-12-15-4-3-5-19(26)21(15)27/h3-11,29H,12H2,1-2H3,(H,28,30). The number of H-pyrrole nitrogens is 1. The van der Waals surface area contributed by atoms with Crippen LogP contribution >= 0.6 is 11.6 Å². The molecular formula is C24H19ClF2N2O3S. The molecule has 3 aromatic carbocycles. The number of nitrogens with one attached hydrogen (secondary N) is 2. The molecule has 4 rings (SSSR count). The van der Waals surface area contributed by atoms with Crippen LogP contribution in [0.15, 0.2) is 64.4 Å². The lowest BCUT2D eigenvalue weighted by molar-refractivity contribution is 0.0943. The van der Waals surface area contributed by atoms with Crippen LogP contribution in [0.4, 0.5) is 8.78 Å². The maximum Gasteiger partial charge on any atom is 0.269 e. The fourth-order valence-corrected chi connectivity index (χ4v) is 5.69. The van der Waals surface area contributed by atoms with Crippen molar-refractivity contribution in [2.45, 2.75) is 30.2 Å². The molecular weight excluding hydrogens is 470 g/mol. The van der Waals surface area contributed by atoms with E-state index in [0.717, 1.165) is 17.2 Å². The van der Waals surface area contributed by atoms with Gasteiger partial charge in [-0.2, -0.15) is 0 Å². The molecule has 0 fully saturated rings. The number of rotatable bonds is 5. The topological polar surface area (TPSA) is 79.0 Å². The van der Waals surface area contributed by atoms with Gasteiger partial charge in [-0.1, -0.05) is 29.8 Å². The summed E-state index contributed by atoms with van der Waals surface area (Å²) >= 11 is 6.11. The van der Waals surface area contributed by atoms with Gasteiger partial charge in [-0.25, -0.2) is 17.2 Å². The van der Waals surface area contributed by atoms with E-state index in [1.54, 1.807) is 26.0 Å². The third-order valence-electron chi connectivity index (χ3n) is 5.19. The number of aryl methyl sites for hydroxylation is 2. The highest BCUT2D eigenvalue weighted by Gasteiger charge is 2.30. The average Bonchev–Trinajstić information content (AvgIpc) is 3.13. The second kappa shape index (κ2) is 8.61. The van der Waals surface area contributed by atoms with Crippen molar-refractivity contribution in [3.05, 3.63) is 93.6 Å². The van der Waals surface area contributed by atoms with Gasteiger partial charge < -0.3 is 10.3 Å². The highest BCUT2D eigenvalue weighted by molar-refractivity contribution is 7.91. The van der Waals surface area contributed by atoms with Crippen molar-refractivity contribution in [3.63, 3.8) is 0 Å². The molecule has 0 spiro atoms. The first-order valence-electron chi connectivity index (χ1n) is 9.93. The molecule has 0 aliphatic heterocycles. The van der Waals surface area contributed by atoms with E-state index >= 15 is 0 Å². The van der Waals surface area contributed by atoms with Gasteiger partial charge >= 0.3 is 0 Å². The number of hydrogen-bond acceptors (Lipinski definition) is 3. The summed E-state index contributed by atoms with van der Waals surface area (Å²) in [5.74, 6) is -2.90. The van der Waals surface area contributed by atoms with Crippen molar-refractivity contribution in [1.29, 1.82) is 0 Å². The number of amides is 1. The van der Waals surface area contributed by atoms with Crippen LogP contribution in [0.1, 0.15) is 27.2 Å². The second-order valence-corrected chi connectivity index (χ2v) is 10.1. The van der Waals surface area contributed by atoms with Crippen molar-refractivity contribution in [1.82, 2.24) is 10.3 Å². The Hall–Kier alpha value is -3.23. The average molecular weight is 489 g/mol. The summed E-state index contributed by atoms with van der Waals surface area (Å²) in [4.78, 5) is 15.7. The van der Waals surface area contributed by atoms with Gasteiger partial charge in [-0.15, -0.1) is 0 Å². The van der Waals surface area contributed by atoms with Crippen molar-refractivity contribution < 1.29 is 22.0 Å². The molecule has 0 radical (unpaired) electrons. The number of aromatic nitrogens is 1.